The first-order valence-electron chi connectivity index (χ1n) is 7.96. The first-order chi connectivity index (χ1) is 11.4. The Morgan fingerprint density at radius 3 is 1.70 bits per heavy atom. The summed E-state index contributed by atoms with van der Waals surface area (Å²) in [4.78, 5) is 0. The van der Waals surface area contributed by atoms with Crippen LogP contribution in [0.1, 0.15) is 11.1 Å². The van der Waals surface area contributed by atoms with E-state index in [1.165, 1.54) is 27.9 Å². The molecule has 0 unspecified atom stereocenters. The normalized spacial score (nSPS) is 10.7. The number of rotatable bonds is 6. The van der Waals surface area contributed by atoms with Gasteiger partial charge in [-0.2, -0.15) is 0 Å². The maximum absolute atomic E-state index is 3.82. The SMILES string of the molecule is C=Cc1ccc(CCP(c2ccccc2)c2ccccc2)cc1. The highest BCUT2D eigenvalue weighted by Crippen LogP contribution is 2.34. The Morgan fingerprint density at radius 2 is 1.22 bits per heavy atom. The Balaban J connectivity index is 1.80. The zero-order chi connectivity index (χ0) is 15.9. The predicted octanol–water partition coefficient (Wildman–Crippen LogP) is 5.01. The molecule has 0 aliphatic carbocycles. The fourth-order valence-electron chi connectivity index (χ4n) is 2.68. The van der Waals surface area contributed by atoms with Crippen molar-refractivity contribution >= 4 is 24.6 Å². The third-order valence-corrected chi connectivity index (χ3v) is 6.49. The predicted molar refractivity (Wildman–Crippen MR) is 104 cm³/mol. The van der Waals surface area contributed by atoms with Gasteiger partial charge in [-0.1, -0.05) is 97.6 Å². The molecule has 23 heavy (non-hydrogen) atoms. The van der Waals surface area contributed by atoms with Crippen LogP contribution in [-0.2, 0) is 6.42 Å². The molecule has 3 aromatic carbocycles. The molecule has 0 aliphatic heterocycles. The van der Waals surface area contributed by atoms with Crippen molar-refractivity contribution in [2.75, 3.05) is 6.16 Å². The summed E-state index contributed by atoms with van der Waals surface area (Å²) in [5.74, 6) is 0. The van der Waals surface area contributed by atoms with Crippen LogP contribution in [-0.4, -0.2) is 6.16 Å². The third-order valence-electron chi connectivity index (χ3n) is 3.98. The van der Waals surface area contributed by atoms with Crippen molar-refractivity contribution in [1.82, 2.24) is 0 Å². The largest absolute Gasteiger partial charge is 0.0985 e. The van der Waals surface area contributed by atoms with Gasteiger partial charge in [-0.05, 0) is 42.2 Å². The quantitative estimate of drug-likeness (QED) is 0.561. The van der Waals surface area contributed by atoms with Gasteiger partial charge in [-0.25, -0.2) is 0 Å². The van der Waals surface area contributed by atoms with Crippen molar-refractivity contribution in [3.8, 4) is 0 Å². The molecule has 0 atom stereocenters. The molecule has 0 heterocycles. The molecule has 0 aliphatic rings. The Morgan fingerprint density at radius 1 is 0.696 bits per heavy atom. The summed E-state index contributed by atoms with van der Waals surface area (Å²) in [7, 11) is -0.306. The third kappa shape index (κ3) is 4.18. The van der Waals surface area contributed by atoms with E-state index in [0.29, 0.717) is 0 Å². The first-order valence-corrected chi connectivity index (χ1v) is 9.48. The van der Waals surface area contributed by atoms with Crippen molar-refractivity contribution in [1.29, 1.82) is 0 Å². The van der Waals surface area contributed by atoms with Gasteiger partial charge in [0.05, 0.1) is 0 Å². The number of benzene rings is 3. The standard InChI is InChI=1S/C22H21P/c1-2-19-13-15-20(16-14-19)17-18-23(21-9-5-3-6-10-21)22-11-7-4-8-12-22/h2-16H,1,17-18H2. The van der Waals surface area contributed by atoms with E-state index >= 15 is 0 Å². The fraction of sp³-hybridized carbons (Fsp3) is 0.0909. The molecule has 0 fully saturated rings. The minimum absolute atomic E-state index is 0.306. The zero-order valence-corrected chi connectivity index (χ0v) is 14.1. The van der Waals surface area contributed by atoms with Gasteiger partial charge < -0.3 is 0 Å². The van der Waals surface area contributed by atoms with Crippen LogP contribution in [0.15, 0.2) is 91.5 Å². The fourth-order valence-corrected chi connectivity index (χ4v) is 5.04. The maximum atomic E-state index is 3.82. The van der Waals surface area contributed by atoms with Crippen LogP contribution in [0.4, 0.5) is 0 Å². The highest BCUT2D eigenvalue weighted by molar-refractivity contribution is 7.73. The molecule has 0 amide bonds. The smallest absolute Gasteiger partial charge is 0.0195 e. The van der Waals surface area contributed by atoms with Gasteiger partial charge in [0.15, 0.2) is 0 Å². The second-order valence-electron chi connectivity index (χ2n) is 5.52. The van der Waals surface area contributed by atoms with Crippen molar-refractivity contribution in [3.63, 3.8) is 0 Å². The van der Waals surface area contributed by atoms with E-state index in [1.807, 2.05) is 6.08 Å². The Bertz CT molecular complexity index is 690. The minimum atomic E-state index is -0.306. The molecule has 0 saturated heterocycles. The van der Waals surface area contributed by atoms with E-state index in [1.54, 1.807) is 0 Å². The topological polar surface area (TPSA) is 0 Å². The molecule has 3 rings (SSSR count). The lowest BCUT2D eigenvalue weighted by Gasteiger charge is -2.18. The van der Waals surface area contributed by atoms with Crippen LogP contribution in [0.2, 0.25) is 0 Å². The van der Waals surface area contributed by atoms with Gasteiger partial charge in [-0.3, -0.25) is 0 Å². The summed E-state index contributed by atoms with van der Waals surface area (Å²) in [5.41, 5.74) is 2.58. The summed E-state index contributed by atoms with van der Waals surface area (Å²) in [5, 5.41) is 2.91. The lowest BCUT2D eigenvalue weighted by molar-refractivity contribution is 1.15. The first kappa shape index (κ1) is 15.7. The average molecular weight is 316 g/mol. The van der Waals surface area contributed by atoms with E-state index in [0.717, 1.165) is 6.42 Å². The summed E-state index contributed by atoms with van der Waals surface area (Å²) in [6, 6.07) is 30.6. The molecule has 0 bridgehead atoms. The number of aryl methyl sites for hydroxylation is 1. The van der Waals surface area contributed by atoms with Crippen molar-refractivity contribution in [2.45, 2.75) is 6.42 Å². The van der Waals surface area contributed by atoms with Gasteiger partial charge >= 0.3 is 0 Å². The summed E-state index contributed by atoms with van der Waals surface area (Å²) in [6.07, 6.45) is 4.17. The molecule has 114 valence electrons. The van der Waals surface area contributed by atoms with Gasteiger partial charge in [0.2, 0.25) is 0 Å². The van der Waals surface area contributed by atoms with Crippen LogP contribution in [0, 0.1) is 0 Å². The van der Waals surface area contributed by atoms with Crippen LogP contribution in [0.3, 0.4) is 0 Å². The molecule has 0 N–H and O–H groups in total. The van der Waals surface area contributed by atoms with E-state index in [-0.39, 0.29) is 7.92 Å². The van der Waals surface area contributed by atoms with Gasteiger partial charge in [-0.15, -0.1) is 0 Å². The highest BCUT2D eigenvalue weighted by Gasteiger charge is 2.13. The minimum Gasteiger partial charge on any atom is -0.0985 e. The van der Waals surface area contributed by atoms with Crippen molar-refractivity contribution in [2.24, 2.45) is 0 Å². The molecule has 0 spiro atoms. The number of hydrogen-bond acceptors (Lipinski definition) is 0. The average Bonchev–Trinajstić information content (AvgIpc) is 2.64. The van der Waals surface area contributed by atoms with Crippen molar-refractivity contribution < 1.29 is 0 Å². The van der Waals surface area contributed by atoms with Gasteiger partial charge in [0.1, 0.15) is 0 Å². The molecule has 0 aromatic heterocycles. The second-order valence-corrected chi connectivity index (χ2v) is 7.85. The molecule has 3 aromatic rings. The van der Waals surface area contributed by atoms with E-state index < -0.39 is 0 Å². The van der Waals surface area contributed by atoms with Crippen LogP contribution < -0.4 is 10.6 Å². The Kier molecular flexibility index (Phi) is 5.40. The lowest BCUT2D eigenvalue weighted by Crippen LogP contribution is -2.14. The van der Waals surface area contributed by atoms with Gasteiger partial charge in [0.25, 0.3) is 0 Å². The molecular formula is C22H21P. The summed E-state index contributed by atoms with van der Waals surface area (Å²) in [6.45, 7) is 3.82. The van der Waals surface area contributed by atoms with Crippen LogP contribution in [0.5, 0.6) is 0 Å². The Hall–Kier alpha value is -2.17. The molecule has 0 radical (unpaired) electrons. The van der Waals surface area contributed by atoms with Crippen LogP contribution >= 0.6 is 7.92 Å². The summed E-state index contributed by atoms with van der Waals surface area (Å²) >= 11 is 0. The van der Waals surface area contributed by atoms with Gasteiger partial charge in [0, 0.05) is 0 Å². The monoisotopic (exact) mass is 316 g/mol. The maximum Gasteiger partial charge on any atom is -0.0195 e. The van der Waals surface area contributed by atoms with E-state index in [4.69, 9.17) is 0 Å². The van der Waals surface area contributed by atoms with E-state index in [9.17, 15) is 0 Å². The zero-order valence-electron chi connectivity index (χ0n) is 13.2. The second kappa shape index (κ2) is 7.90. The lowest BCUT2D eigenvalue weighted by atomic mass is 10.1. The molecular weight excluding hydrogens is 295 g/mol. The summed E-state index contributed by atoms with van der Waals surface area (Å²) < 4.78 is 0. The highest BCUT2D eigenvalue weighted by atomic mass is 31.1. The molecule has 0 nitrogen and oxygen atoms in total. The molecule has 1 heteroatoms. The van der Waals surface area contributed by atoms with Crippen LogP contribution in [0.25, 0.3) is 6.08 Å². The molecule has 0 saturated carbocycles. The number of hydrogen-bond donors (Lipinski definition) is 0. The Labute approximate surface area is 140 Å². The van der Waals surface area contributed by atoms with Crippen molar-refractivity contribution in [3.05, 3.63) is 103 Å². The van der Waals surface area contributed by atoms with E-state index in [2.05, 4.69) is 91.5 Å².